The highest BCUT2D eigenvalue weighted by atomic mass is 32.2. The molecule has 0 radical (unpaired) electrons. The Morgan fingerprint density at radius 1 is 1.22 bits per heavy atom. The second kappa shape index (κ2) is 8.17. The highest BCUT2D eigenvalue weighted by Gasteiger charge is 2.32. The summed E-state index contributed by atoms with van der Waals surface area (Å²) in [4.78, 5) is 28.3. The van der Waals surface area contributed by atoms with Crippen molar-refractivity contribution in [1.29, 1.82) is 0 Å². The number of rotatable bonds is 5. The molecule has 0 bridgehead atoms. The third-order valence-electron chi connectivity index (χ3n) is 4.80. The first-order valence-corrected chi connectivity index (χ1v) is 11.2. The van der Waals surface area contributed by atoms with E-state index in [-0.39, 0.29) is 23.1 Å². The van der Waals surface area contributed by atoms with Crippen LogP contribution in [0.25, 0.3) is 0 Å². The minimum Gasteiger partial charge on any atom is -0.468 e. The Balaban J connectivity index is 1.90. The van der Waals surface area contributed by atoms with Gasteiger partial charge in [0.25, 0.3) is 0 Å². The second-order valence-electron chi connectivity index (χ2n) is 6.31. The van der Waals surface area contributed by atoms with Gasteiger partial charge in [-0.25, -0.2) is 8.42 Å². The molecule has 0 atom stereocenters. The van der Waals surface area contributed by atoms with E-state index in [1.54, 1.807) is 12.1 Å². The molecule has 8 nitrogen and oxygen atoms in total. The van der Waals surface area contributed by atoms with Crippen LogP contribution < -0.4 is 4.90 Å². The Bertz CT molecular complexity index is 835. The van der Waals surface area contributed by atoms with Gasteiger partial charge in [0.1, 0.15) is 6.54 Å². The van der Waals surface area contributed by atoms with Gasteiger partial charge >= 0.3 is 5.97 Å². The lowest BCUT2D eigenvalue weighted by Gasteiger charge is -2.33. The fourth-order valence-electron chi connectivity index (χ4n) is 3.14. The van der Waals surface area contributed by atoms with Gasteiger partial charge < -0.3 is 9.64 Å². The molecule has 1 amide bonds. The number of piperazine rings is 1. The Labute approximate surface area is 163 Å². The number of methoxy groups -OCH3 is 1. The van der Waals surface area contributed by atoms with Gasteiger partial charge in [0.2, 0.25) is 15.9 Å². The summed E-state index contributed by atoms with van der Waals surface area (Å²) in [6, 6.07) is 4.76. The monoisotopic (exact) mass is 413 g/mol. The number of hydrogen-bond donors (Lipinski definition) is 0. The number of anilines is 1. The number of carbonyl (C=O) groups is 2. The SMILES string of the molecule is CCN1CCN(S(=O)(=O)c2ccc3c(c2)N(CC(=O)OC)C(=O)CS3)CC1. The van der Waals surface area contributed by atoms with E-state index in [2.05, 4.69) is 16.6 Å². The maximum atomic E-state index is 13.0. The van der Waals surface area contributed by atoms with Crippen LogP contribution in [-0.2, 0) is 24.3 Å². The van der Waals surface area contributed by atoms with Crippen molar-refractivity contribution in [3.05, 3.63) is 18.2 Å². The summed E-state index contributed by atoms with van der Waals surface area (Å²) in [6.45, 7) is 4.99. The summed E-state index contributed by atoms with van der Waals surface area (Å²) in [7, 11) is -2.41. The van der Waals surface area contributed by atoms with Crippen molar-refractivity contribution in [1.82, 2.24) is 9.21 Å². The summed E-state index contributed by atoms with van der Waals surface area (Å²) in [6.07, 6.45) is 0. The summed E-state index contributed by atoms with van der Waals surface area (Å²) in [5.74, 6) is -0.594. The van der Waals surface area contributed by atoms with Gasteiger partial charge in [-0.15, -0.1) is 11.8 Å². The first-order chi connectivity index (χ1) is 12.9. The Kier molecular flexibility index (Phi) is 6.09. The van der Waals surface area contributed by atoms with Crippen LogP contribution in [0, 0.1) is 0 Å². The molecule has 0 unspecified atom stereocenters. The van der Waals surface area contributed by atoms with Crippen LogP contribution in [0.1, 0.15) is 6.92 Å². The molecule has 0 saturated carbocycles. The third kappa shape index (κ3) is 4.13. The molecule has 0 N–H and O–H groups in total. The van der Waals surface area contributed by atoms with Gasteiger partial charge in [-0.2, -0.15) is 4.31 Å². The van der Waals surface area contributed by atoms with Crippen molar-refractivity contribution >= 4 is 39.3 Å². The molecule has 1 saturated heterocycles. The molecular weight excluding hydrogens is 390 g/mol. The number of thioether (sulfide) groups is 1. The fraction of sp³-hybridized carbons (Fsp3) is 0.529. The summed E-state index contributed by atoms with van der Waals surface area (Å²) >= 11 is 1.34. The van der Waals surface area contributed by atoms with E-state index >= 15 is 0 Å². The van der Waals surface area contributed by atoms with Crippen molar-refractivity contribution in [2.75, 3.05) is 57.0 Å². The largest absolute Gasteiger partial charge is 0.468 e. The highest BCUT2D eigenvalue weighted by molar-refractivity contribution is 8.00. The molecule has 2 aliphatic rings. The molecule has 1 aromatic carbocycles. The Morgan fingerprint density at radius 2 is 1.93 bits per heavy atom. The highest BCUT2D eigenvalue weighted by Crippen LogP contribution is 2.37. The van der Waals surface area contributed by atoms with Crippen molar-refractivity contribution in [3.8, 4) is 0 Å². The minimum atomic E-state index is -3.66. The molecule has 2 aliphatic heterocycles. The number of hydrogen-bond acceptors (Lipinski definition) is 7. The number of sulfonamides is 1. The van der Waals surface area contributed by atoms with Crippen molar-refractivity contribution < 1.29 is 22.7 Å². The van der Waals surface area contributed by atoms with Gasteiger partial charge in [0.05, 0.1) is 23.4 Å². The molecule has 1 fully saturated rings. The van der Waals surface area contributed by atoms with Crippen LogP contribution in [0.2, 0.25) is 0 Å². The number of ether oxygens (including phenoxy) is 1. The van der Waals surface area contributed by atoms with Crippen LogP contribution in [0.15, 0.2) is 28.0 Å². The van der Waals surface area contributed by atoms with E-state index in [9.17, 15) is 18.0 Å². The first-order valence-electron chi connectivity index (χ1n) is 8.73. The third-order valence-corrected chi connectivity index (χ3v) is 7.75. The maximum absolute atomic E-state index is 13.0. The normalized spacial score (nSPS) is 19.0. The smallest absolute Gasteiger partial charge is 0.325 e. The lowest BCUT2D eigenvalue weighted by molar-refractivity contribution is -0.139. The molecule has 27 heavy (non-hydrogen) atoms. The number of carbonyl (C=O) groups excluding carboxylic acids is 2. The molecule has 1 aromatic rings. The van der Waals surface area contributed by atoms with Crippen LogP contribution in [0.3, 0.4) is 0 Å². The van der Waals surface area contributed by atoms with E-state index in [0.29, 0.717) is 31.9 Å². The zero-order valence-electron chi connectivity index (χ0n) is 15.4. The van der Waals surface area contributed by atoms with Gasteiger partial charge in [0.15, 0.2) is 0 Å². The predicted molar refractivity (Wildman–Crippen MR) is 102 cm³/mol. The van der Waals surface area contributed by atoms with Gasteiger partial charge in [-0.05, 0) is 24.7 Å². The number of likely N-dealkylation sites (N-methyl/N-ethyl adjacent to an activating group) is 1. The van der Waals surface area contributed by atoms with Crippen LogP contribution in [0.4, 0.5) is 5.69 Å². The zero-order chi connectivity index (χ0) is 19.6. The van der Waals surface area contributed by atoms with Gasteiger partial charge in [0, 0.05) is 31.1 Å². The Morgan fingerprint density at radius 3 is 2.56 bits per heavy atom. The zero-order valence-corrected chi connectivity index (χ0v) is 17.0. The van der Waals surface area contributed by atoms with Gasteiger partial charge in [-0.1, -0.05) is 6.92 Å². The van der Waals surface area contributed by atoms with Crippen molar-refractivity contribution in [3.63, 3.8) is 0 Å². The molecule has 10 heteroatoms. The van der Waals surface area contributed by atoms with E-state index in [4.69, 9.17) is 0 Å². The fourth-order valence-corrected chi connectivity index (χ4v) is 5.50. The van der Waals surface area contributed by atoms with Gasteiger partial charge in [-0.3, -0.25) is 14.5 Å². The number of esters is 1. The first kappa shape index (κ1) is 20.1. The number of nitrogens with zero attached hydrogens (tertiary/aromatic N) is 3. The van der Waals surface area contributed by atoms with E-state index < -0.39 is 16.0 Å². The second-order valence-corrected chi connectivity index (χ2v) is 9.27. The van der Waals surface area contributed by atoms with Crippen LogP contribution in [-0.4, -0.2) is 81.6 Å². The molecule has 3 rings (SSSR count). The van der Waals surface area contributed by atoms with Crippen molar-refractivity contribution in [2.45, 2.75) is 16.7 Å². The van der Waals surface area contributed by atoms with E-state index in [1.165, 1.54) is 34.1 Å². The van der Waals surface area contributed by atoms with Crippen LogP contribution >= 0.6 is 11.8 Å². The van der Waals surface area contributed by atoms with E-state index in [0.717, 1.165) is 11.4 Å². The maximum Gasteiger partial charge on any atom is 0.325 e. The quantitative estimate of drug-likeness (QED) is 0.654. The Hall–Kier alpha value is -1.62. The minimum absolute atomic E-state index is 0.136. The molecular formula is C17H23N3O5S2. The van der Waals surface area contributed by atoms with E-state index in [1.807, 2.05) is 0 Å². The molecule has 0 aliphatic carbocycles. The topological polar surface area (TPSA) is 87.2 Å². The average Bonchev–Trinajstić information content (AvgIpc) is 2.69. The number of benzene rings is 1. The number of amides is 1. The predicted octanol–water partition coefficient (Wildman–Crippen LogP) is 0.624. The average molecular weight is 414 g/mol. The number of fused-ring (bicyclic) bond motifs is 1. The summed E-state index contributed by atoms with van der Waals surface area (Å²) < 4.78 is 32.2. The van der Waals surface area contributed by atoms with Crippen LogP contribution in [0.5, 0.6) is 0 Å². The summed E-state index contributed by atoms with van der Waals surface area (Å²) in [5.41, 5.74) is 0.440. The van der Waals surface area contributed by atoms with Crippen molar-refractivity contribution in [2.24, 2.45) is 0 Å². The summed E-state index contributed by atoms with van der Waals surface area (Å²) in [5, 5.41) is 0. The molecule has 0 aromatic heterocycles. The standard InChI is InChI=1S/C17H23N3O5S2/c1-3-18-6-8-19(9-7-18)27(23,24)13-4-5-15-14(10-13)20(11-17(22)25-2)16(21)12-26-15/h4-5,10H,3,6-9,11-12H2,1-2H3. The lowest BCUT2D eigenvalue weighted by Crippen LogP contribution is -2.48. The lowest BCUT2D eigenvalue weighted by atomic mass is 10.2. The molecule has 148 valence electrons. The molecule has 2 heterocycles. The molecule has 0 spiro atoms.